The largest absolute Gasteiger partial charge is 0.481 e. The lowest BCUT2D eigenvalue weighted by Crippen LogP contribution is -1.99. The number of aliphatic carboxylic acids is 1. The minimum atomic E-state index is -0.737. The van der Waals surface area contributed by atoms with Gasteiger partial charge in [-0.25, -0.2) is 4.98 Å². The SMILES string of the molecule is Cn1c(CCCCC(=O)O)nc2cnccc21. The smallest absolute Gasteiger partial charge is 0.303 e. The Morgan fingerprint density at radius 1 is 1.47 bits per heavy atom. The van der Waals surface area contributed by atoms with Gasteiger partial charge < -0.3 is 9.67 Å². The zero-order valence-corrected chi connectivity index (χ0v) is 9.76. The van der Waals surface area contributed by atoms with Crippen LogP contribution in [0.15, 0.2) is 18.5 Å². The molecule has 17 heavy (non-hydrogen) atoms. The van der Waals surface area contributed by atoms with E-state index >= 15 is 0 Å². The van der Waals surface area contributed by atoms with Gasteiger partial charge in [0.1, 0.15) is 11.3 Å². The maximum Gasteiger partial charge on any atom is 0.303 e. The van der Waals surface area contributed by atoms with Gasteiger partial charge in [0.25, 0.3) is 0 Å². The third-order valence-corrected chi connectivity index (χ3v) is 2.82. The van der Waals surface area contributed by atoms with E-state index in [1.165, 1.54) is 0 Å². The highest BCUT2D eigenvalue weighted by Crippen LogP contribution is 2.14. The number of aryl methyl sites for hydroxylation is 2. The summed E-state index contributed by atoms with van der Waals surface area (Å²) in [6.07, 6.45) is 6.06. The van der Waals surface area contributed by atoms with Crippen molar-refractivity contribution in [2.24, 2.45) is 7.05 Å². The number of carboxylic acid groups (broad SMARTS) is 1. The lowest BCUT2D eigenvalue weighted by Gasteiger charge is -2.01. The summed E-state index contributed by atoms with van der Waals surface area (Å²) in [5, 5.41) is 8.55. The third-order valence-electron chi connectivity index (χ3n) is 2.82. The van der Waals surface area contributed by atoms with Crippen molar-refractivity contribution in [2.75, 3.05) is 0 Å². The summed E-state index contributed by atoms with van der Waals surface area (Å²) in [5.41, 5.74) is 1.96. The third kappa shape index (κ3) is 2.61. The Morgan fingerprint density at radius 2 is 2.29 bits per heavy atom. The topological polar surface area (TPSA) is 68.0 Å². The standard InChI is InChI=1S/C12H15N3O2/c1-15-10-6-7-13-8-9(10)14-11(15)4-2-3-5-12(16)17/h6-8H,2-5H2,1H3,(H,16,17). The Balaban J connectivity index is 2.04. The Morgan fingerprint density at radius 3 is 3.00 bits per heavy atom. The highest BCUT2D eigenvalue weighted by molar-refractivity contribution is 5.74. The van der Waals surface area contributed by atoms with Crippen LogP contribution < -0.4 is 0 Å². The molecule has 0 unspecified atom stereocenters. The van der Waals surface area contributed by atoms with Crippen molar-refractivity contribution in [3.8, 4) is 0 Å². The first-order valence-corrected chi connectivity index (χ1v) is 5.65. The number of unbranched alkanes of at least 4 members (excludes halogenated alkanes) is 1. The molecule has 2 heterocycles. The van der Waals surface area contributed by atoms with Crippen LogP contribution in [0.1, 0.15) is 25.1 Å². The molecule has 0 aliphatic carbocycles. The Kier molecular flexibility index (Phi) is 3.37. The maximum atomic E-state index is 10.4. The molecule has 0 saturated carbocycles. The number of hydrogen-bond donors (Lipinski definition) is 1. The number of pyridine rings is 1. The molecule has 5 nitrogen and oxygen atoms in total. The average molecular weight is 233 g/mol. The van der Waals surface area contributed by atoms with E-state index < -0.39 is 5.97 Å². The number of imidazole rings is 1. The van der Waals surface area contributed by atoms with E-state index in [1.807, 2.05) is 17.7 Å². The molecule has 0 bridgehead atoms. The second-order valence-corrected chi connectivity index (χ2v) is 4.05. The van der Waals surface area contributed by atoms with Crippen LogP contribution in [0.2, 0.25) is 0 Å². The van der Waals surface area contributed by atoms with Gasteiger partial charge >= 0.3 is 5.97 Å². The van der Waals surface area contributed by atoms with Crippen LogP contribution in [0.4, 0.5) is 0 Å². The van der Waals surface area contributed by atoms with Crippen molar-refractivity contribution in [2.45, 2.75) is 25.7 Å². The molecule has 2 rings (SSSR count). The van der Waals surface area contributed by atoms with Gasteiger partial charge in [-0.05, 0) is 18.9 Å². The van der Waals surface area contributed by atoms with E-state index in [2.05, 4.69) is 9.97 Å². The van der Waals surface area contributed by atoms with Crippen molar-refractivity contribution in [3.05, 3.63) is 24.3 Å². The first-order valence-electron chi connectivity index (χ1n) is 5.65. The predicted molar refractivity (Wildman–Crippen MR) is 63.7 cm³/mol. The molecule has 2 aromatic rings. The van der Waals surface area contributed by atoms with Crippen molar-refractivity contribution >= 4 is 17.0 Å². The second kappa shape index (κ2) is 4.95. The van der Waals surface area contributed by atoms with E-state index in [4.69, 9.17) is 5.11 Å². The Labute approximate surface area is 99.1 Å². The van der Waals surface area contributed by atoms with Crippen molar-refractivity contribution < 1.29 is 9.90 Å². The van der Waals surface area contributed by atoms with Crippen LogP contribution in [0.25, 0.3) is 11.0 Å². The Hall–Kier alpha value is -1.91. The Bertz CT molecular complexity index is 534. The zero-order valence-electron chi connectivity index (χ0n) is 9.76. The summed E-state index contributed by atoms with van der Waals surface area (Å²) < 4.78 is 2.04. The molecule has 5 heteroatoms. The molecule has 0 fully saturated rings. The summed E-state index contributed by atoms with van der Waals surface area (Å²) in [6, 6.07) is 1.93. The molecule has 0 saturated heterocycles. The molecular formula is C12H15N3O2. The van der Waals surface area contributed by atoms with Crippen molar-refractivity contribution in [1.29, 1.82) is 0 Å². The van der Waals surface area contributed by atoms with Crippen LogP contribution in [0, 0.1) is 0 Å². The van der Waals surface area contributed by atoms with Crippen LogP contribution in [0.3, 0.4) is 0 Å². The molecule has 0 aromatic carbocycles. The van der Waals surface area contributed by atoms with E-state index in [0.29, 0.717) is 6.42 Å². The monoisotopic (exact) mass is 233 g/mol. The summed E-state index contributed by atoms with van der Waals surface area (Å²) in [4.78, 5) is 18.9. The minimum Gasteiger partial charge on any atom is -0.481 e. The van der Waals surface area contributed by atoms with Gasteiger partial charge in [-0.15, -0.1) is 0 Å². The lowest BCUT2D eigenvalue weighted by molar-refractivity contribution is -0.137. The first kappa shape index (κ1) is 11.6. The average Bonchev–Trinajstić information content (AvgIpc) is 2.63. The fourth-order valence-corrected chi connectivity index (χ4v) is 1.88. The number of nitrogens with zero attached hydrogens (tertiary/aromatic N) is 3. The maximum absolute atomic E-state index is 10.4. The number of hydrogen-bond acceptors (Lipinski definition) is 3. The van der Waals surface area contributed by atoms with Crippen molar-refractivity contribution in [3.63, 3.8) is 0 Å². The highest BCUT2D eigenvalue weighted by atomic mass is 16.4. The van der Waals surface area contributed by atoms with Crippen molar-refractivity contribution in [1.82, 2.24) is 14.5 Å². The summed E-state index contributed by atoms with van der Waals surface area (Å²) in [6.45, 7) is 0. The zero-order chi connectivity index (χ0) is 12.3. The van der Waals surface area contributed by atoms with Crippen LogP contribution in [-0.4, -0.2) is 25.6 Å². The minimum absolute atomic E-state index is 0.228. The van der Waals surface area contributed by atoms with E-state index in [1.54, 1.807) is 12.4 Å². The summed E-state index contributed by atoms with van der Waals surface area (Å²) in [7, 11) is 1.97. The second-order valence-electron chi connectivity index (χ2n) is 4.05. The molecule has 0 aliphatic rings. The molecule has 0 radical (unpaired) electrons. The van der Waals surface area contributed by atoms with E-state index in [-0.39, 0.29) is 6.42 Å². The van der Waals surface area contributed by atoms with Gasteiger partial charge in [0.15, 0.2) is 0 Å². The highest BCUT2D eigenvalue weighted by Gasteiger charge is 2.07. The number of rotatable bonds is 5. The molecule has 0 amide bonds. The molecular weight excluding hydrogens is 218 g/mol. The number of aromatic nitrogens is 3. The normalized spacial score (nSPS) is 10.9. The summed E-state index contributed by atoms with van der Waals surface area (Å²) >= 11 is 0. The quantitative estimate of drug-likeness (QED) is 0.799. The molecule has 1 N–H and O–H groups in total. The molecule has 2 aromatic heterocycles. The van der Waals surface area contributed by atoms with Crippen LogP contribution >= 0.6 is 0 Å². The van der Waals surface area contributed by atoms with Gasteiger partial charge in [-0.3, -0.25) is 9.78 Å². The molecule has 90 valence electrons. The number of fused-ring (bicyclic) bond motifs is 1. The van der Waals surface area contributed by atoms with Crippen LogP contribution in [0.5, 0.6) is 0 Å². The fourth-order valence-electron chi connectivity index (χ4n) is 1.88. The summed E-state index contributed by atoms with van der Waals surface area (Å²) in [5.74, 6) is 0.248. The van der Waals surface area contributed by atoms with E-state index in [9.17, 15) is 4.79 Å². The molecule has 0 spiro atoms. The van der Waals surface area contributed by atoms with Gasteiger partial charge in [-0.2, -0.15) is 0 Å². The number of carbonyl (C=O) groups is 1. The van der Waals surface area contributed by atoms with Gasteiger partial charge in [0.05, 0.1) is 11.7 Å². The molecule has 0 atom stereocenters. The predicted octanol–water partition coefficient (Wildman–Crippen LogP) is 1.77. The first-order chi connectivity index (χ1) is 8.18. The van der Waals surface area contributed by atoms with Gasteiger partial charge in [0.2, 0.25) is 0 Å². The number of carboxylic acids is 1. The van der Waals surface area contributed by atoms with Gasteiger partial charge in [0, 0.05) is 26.1 Å². The van der Waals surface area contributed by atoms with Gasteiger partial charge in [-0.1, -0.05) is 0 Å². The van der Waals surface area contributed by atoms with Crippen LogP contribution in [-0.2, 0) is 18.3 Å². The van der Waals surface area contributed by atoms with E-state index in [0.717, 1.165) is 29.7 Å². The lowest BCUT2D eigenvalue weighted by atomic mass is 10.2. The fraction of sp³-hybridized carbons (Fsp3) is 0.417. The molecule has 0 aliphatic heterocycles.